The Hall–Kier alpha value is 0.230. The molecule has 0 spiro atoms. The lowest BCUT2D eigenvalue weighted by Crippen LogP contribution is -1.92. The molecule has 0 fully saturated rings. The summed E-state index contributed by atoms with van der Waals surface area (Å²) in [6.45, 7) is 3.24. The molecule has 0 bridgehead atoms. The van der Waals surface area contributed by atoms with Crippen molar-refractivity contribution in [1.82, 2.24) is 0 Å². The maximum Gasteiger partial charge on any atom is 0.377 e. The second-order valence-electron chi connectivity index (χ2n) is 2.54. The van der Waals surface area contributed by atoms with E-state index >= 15 is 0 Å². The van der Waals surface area contributed by atoms with Gasteiger partial charge in [-0.2, -0.15) is 0 Å². The lowest BCUT2D eigenvalue weighted by atomic mass is 10.3. The van der Waals surface area contributed by atoms with Crippen LogP contribution in [-0.4, -0.2) is 5.30 Å². The number of hydrogen-bond acceptors (Lipinski definition) is 3. The number of rotatable bonds is 2. The van der Waals surface area contributed by atoms with Gasteiger partial charge in [0.1, 0.15) is 0 Å². The van der Waals surface area contributed by atoms with Gasteiger partial charge >= 0.3 is 5.30 Å². The smallest absolute Gasteiger partial charge is 0.377 e. The molecule has 17 heavy (non-hydrogen) atoms. The van der Waals surface area contributed by atoms with Crippen molar-refractivity contribution in [3.63, 3.8) is 0 Å². The van der Waals surface area contributed by atoms with Gasteiger partial charge in [-0.25, -0.2) is 4.79 Å². The third-order valence-electron chi connectivity index (χ3n) is 1.53. The van der Waals surface area contributed by atoms with Crippen LogP contribution in [0.4, 0.5) is 4.79 Å². The molecule has 1 rings (SSSR count). The van der Waals surface area contributed by atoms with Gasteiger partial charge in [-0.15, -0.1) is 0 Å². The topological polar surface area (TPSA) is 26.3 Å². The zero-order valence-corrected chi connectivity index (χ0v) is 12.5. The van der Waals surface area contributed by atoms with E-state index in [1.54, 1.807) is 0 Å². The molecular weight excluding hydrogens is 349 g/mol. The van der Waals surface area contributed by atoms with Crippen molar-refractivity contribution in [2.24, 2.45) is 0 Å². The van der Waals surface area contributed by atoms with Crippen molar-refractivity contribution >= 4 is 75.1 Å². The molecule has 0 aliphatic heterocycles. The standard InChI is InChI=1S/C9H3Cl5O2S/c1-2-16-9(15)17-8-6(13)4(11)3(10)5(12)7(8)14/h2H,1H2. The monoisotopic (exact) mass is 350 g/mol. The maximum atomic E-state index is 11.3. The van der Waals surface area contributed by atoms with Crippen LogP contribution in [0.25, 0.3) is 0 Å². The van der Waals surface area contributed by atoms with Crippen molar-refractivity contribution in [3.05, 3.63) is 38.0 Å². The highest BCUT2D eigenvalue weighted by Crippen LogP contribution is 2.48. The predicted molar refractivity (Wildman–Crippen MR) is 74.0 cm³/mol. The minimum Gasteiger partial charge on any atom is -0.427 e. The summed E-state index contributed by atoms with van der Waals surface area (Å²) >= 11 is 29.9. The average Bonchev–Trinajstić information content (AvgIpc) is 2.30. The molecule has 0 unspecified atom stereocenters. The van der Waals surface area contributed by atoms with Crippen LogP contribution in [-0.2, 0) is 4.74 Å². The first kappa shape index (κ1) is 15.3. The van der Waals surface area contributed by atoms with E-state index in [4.69, 9.17) is 58.0 Å². The first-order valence-corrected chi connectivity index (χ1v) is 6.61. The molecule has 0 aromatic heterocycles. The Balaban J connectivity index is 3.25. The highest BCUT2D eigenvalue weighted by Gasteiger charge is 2.22. The van der Waals surface area contributed by atoms with Crippen molar-refractivity contribution in [2.45, 2.75) is 4.90 Å². The fourth-order valence-corrected chi connectivity index (χ4v) is 3.00. The Morgan fingerprint density at radius 1 is 1.00 bits per heavy atom. The van der Waals surface area contributed by atoms with Crippen molar-refractivity contribution in [3.8, 4) is 0 Å². The molecule has 0 heterocycles. The number of halogens is 5. The quantitative estimate of drug-likeness (QED) is 0.205. The van der Waals surface area contributed by atoms with Crippen molar-refractivity contribution in [2.75, 3.05) is 0 Å². The summed E-state index contributed by atoms with van der Waals surface area (Å²) in [6, 6.07) is 0. The number of thioether (sulfide) groups is 1. The number of carbonyl (C=O) groups excluding carboxylic acids is 1. The van der Waals surface area contributed by atoms with E-state index in [9.17, 15) is 4.79 Å². The Morgan fingerprint density at radius 3 is 1.82 bits per heavy atom. The van der Waals surface area contributed by atoms with Gasteiger partial charge in [-0.1, -0.05) is 64.6 Å². The minimum atomic E-state index is -0.668. The lowest BCUT2D eigenvalue weighted by Gasteiger charge is -2.10. The lowest BCUT2D eigenvalue weighted by molar-refractivity contribution is 0.214. The Kier molecular flexibility index (Phi) is 5.77. The largest absolute Gasteiger partial charge is 0.427 e. The first-order chi connectivity index (χ1) is 7.90. The average molecular weight is 352 g/mol. The van der Waals surface area contributed by atoms with Crippen LogP contribution < -0.4 is 0 Å². The predicted octanol–water partition coefficient (Wildman–Crippen LogP) is 6.33. The Bertz CT molecular complexity index is 460. The molecule has 0 atom stereocenters. The fraction of sp³-hybridized carbons (Fsp3) is 0. The molecule has 0 aliphatic carbocycles. The molecule has 0 amide bonds. The minimum absolute atomic E-state index is 0.0247. The second kappa shape index (κ2) is 6.41. The first-order valence-electron chi connectivity index (χ1n) is 3.91. The number of benzene rings is 1. The van der Waals surface area contributed by atoms with Gasteiger partial charge in [0, 0.05) is 0 Å². The molecule has 92 valence electrons. The normalized spacial score (nSPS) is 10.2. The molecule has 8 heteroatoms. The van der Waals surface area contributed by atoms with Crippen LogP contribution in [0, 0.1) is 0 Å². The van der Waals surface area contributed by atoms with Gasteiger partial charge in [0.2, 0.25) is 0 Å². The highest BCUT2D eigenvalue weighted by molar-refractivity contribution is 8.13. The van der Waals surface area contributed by atoms with Gasteiger partial charge in [0.15, 0.2) is 0 Å². The molecule has 0 N–H and O–H groups in total. The molecule has 1 aromatic carbocycles. The summed E-state index contributed by atoms with van der Waals surface area (Å²) in [7, 11) is 0. The SMILES string of the molecule is C=COC(=O)Sc1c(Cl)c(Cl)c(Cl)c(Cl)c1Cl. The van der Waals surface area contributed by atoms with E-state index in [1.165, 1.54) is 0 Å². The summed E-state index contributed by atoms with van der Waals surface area (Å²) in [4.78, 5) is 11.4. The number of hydrogen-bond donors (Lipinski definition) is 0. The van der Waals surface area contributed by atoms with Gasteiger partial charge in [-0.05, 0) is 11.8 Å². The summed E-state index contributed by atoms with van der Waals surface area (Å²) in [5.41, 5.74) is 0. The van der Waals surface area contributed by atoms with Crippen LogP contribution in [0.3, 0.4) is 0 Å². The van der Waals surface area contributed by atoms with Crippen LogP contribution in [0.1, 0.15) is 0 Å². The summed E-state index contributed by atoms with van der Waals surface area (Å²) in [5, 5.41) is -0.509. The third-order valence-corrected chi connectivity index (χ3v) is 4.91. The molecule has 2 nitrogen and oxygen atoms in total. The molecular formula is C9H3Cl5O2S. The molecule has 0 radical (unpaired) electrons. The van der Waals surface area contributed by atoms with E-state index < -0.39 is 5.30 Å². The summed E-state index contributed by atoms with van der Waals surface area (Å²) in [5.74, 6) is 0. The number of carbonyl (C=O) groups is 1. The van der Waals surface area contributed by atoms with E-state index in [2.05, 4.69) is 11.3 Å². The molecule has 0 aliphatic rings. The van der Waals surface area contributed by atoms with Gasteiger partial charge < -0.3 is 4.74 Å². The molecule has 0 saturated heterocycles. The van der Waals surface area contributed by atoms with Gasteiger partial charge in [0.25, 0.3) is 0 Å². The fourth-order valence-electron chi connectivity index (χ4n) is 0.850. The Morgan fingerprint density at radius 2 is 1.41 bits per heavy atom. The van der Waals surface area contributed by atoms with E-state index in [1.807, 2.05) is 0 Å². The zero-order valence-electron chi connectivity index (χ0n) is 7.90. The summed E-state index contributed by atoms with van der Waals surface area (Å²) < 4.78 is 4.52. The number of ether oxygens (including phenoxy) is 1. The van der Waals surface area contributed by atoms with Crippen LogP contribution in [0.15, 0.2) is 17.7 Å². The van der Waals surface area contributed by atoms with Crippen LogP contribution in [0.5, 0.6) is 0 Å². The molecule has 1 aromatic rings. The zero-order chi connectivity index (χ0) is 13.2. The van der Waals surface area contributed by atoms with Crippen LogP contribution >= 0.6 is 69.8 Å². The van der Waals surface area contributed by atoms with E-state index in [-0.39, 0.29) is 30.0 Å². The second-order valence-corrected chi connectivity index (χ2v) is 5.37. The third kappa shape index (κ3) is 3.37. The highest BCUT2D eigenvalue weighted by atomic mass is 35.5. The van der Waals surface area contributed by atoms with E-state index in [0.717, 1.165) is 6.26 Å². The van der Waals surface area contributed by atoms with Gasteiger partial charge in [0.05, 0.1) is 36.3 Å². The van der Waals surface area contributed by atoms with Gasteiger partial charge in [-0.3, -0.25) is 0 Å². The van der Waals surface area contributed by atoms with Crippen molar-refractivity contribution < 1.29 is 9.53 Å². The maximum absolute atomic E-state index is 11.3. The Labute approximate surface area is 127 Å². The summed E-state index contributed by atoms with van der Waals surface area (Å²) in [6.07, 6.45) is 0.982. The van der Waals surface area contributed by atoms with Crippen molar-refractivity contribution in [1.29, 1.82) is 0 Å². The molecule has 0 saturated carbocycles. The van der Waals surface area contributed by atoms with E-state index in [0.29, 0.717) is 11.8 Å². The van der Waals surface area contributed by atoms with Crippen LogP contribution in [0.2, 0.25) is 25.1 Å².